The first-order chi connectivity index (χ1) is 5.48. The van der Waals surface area contributed by atoms with Crippen LogP contribution in [0.2, 0.25) is 0 Å². The Morgan fingerprint density at radius 3 is 2.23 bits per heavy atom. The monoisotopic (exact) mass is 389 g/mol. The molecule has 6 heteroatoms. The van der Waals surface area contributed by atoms with E-state index in [0.29, 0.717) is 6.42 Å². The van der Waals surface area contributed by atoms with Gasteiger partial charge < -0.3 is 4.74 Å². The van der Waals surface area contributed by atoms with E-state index in [4.69, 9.17) is 0 Å². The van der Waals surface area contributed by atoms with E-state index >= 15 is 0 Å². The maximum atomic E-state index is 11.5. The van der Waals surface area contributed by atoms with Gasteiger partial charge in [0.15, 0.2) is 0 Å². The molecule has 1 radical (unpaired) electrons. The van der Waals surface area contributed by atoms with Gasteiger partial charge in [-0.15, -0.1) is 0 Å². The van der Waals surface area contributed by atoms with Gasteiger partial charge in [-0.1, -0.05) is 19.8 Å². The molecule has 75 valence electrons. The van der Waals surface area contributed by atoms with Crippen molar-refractivity contribution in [3.63, 3.8) is 0 Å². The van der Waals surface area contributed by atoms with E-state index in [2.05, 4.69) is 4.74 Å². The molecule has 0 spiro atoms. The third-order valence-electron chi connectivity index (χ3n) is 1.21. The third kappa shape index (κ3) is 8.51. The molecule has 0 bridgehead atoms. The van der Waals surface area contributed by atoms with Gasteiger partial charge in [-0.2, -0.15) is 13.2 Å². The minimum atomic E-state index is -4.85. The first-order valence-electron chi connectivity index (χ1n) is 3.72. The summed E-state index contributed by atoms with van der Waals surface area (Å²) in [6.45, 7) is 1.76. The summed E-state index contributed by atoms with van der Waals surface area (Å²) >= 11 is 0. The number of unbranched alkanes of at least 4 members (excludes halogenated alkanes) is 2. The zero-order valence-electron chi connectivity index (χ0n) is 7.36. The van der Waals surface area contributed by atoms with Crippen molar-refractivity contribution in [2.75, 3.05) is 6.61 Å². The van der Waals surface area contributed by atoms with Gasteiger partial charge in [-0.05, 0) is 6.42 Å². The molecule has 0 aliphatic heterocycles. The van der Waals surface area contributed by atoms with E-state index < -0.39 is 12.1 Å². The van der Waals surface area contributed by atoms with Gasteiger partial charge in [0, 0.05) is 27.3 Å². The molecule has 0 fully saturated rings. The number of ether oxygens (including phenoxy) is 1. The van der Waals surface area contributed by atoms with Gasteiger partial charge >= 0.3 is 12.1 Å². The Balaban J connectivity index is 0. The average molecular weight is 389 g/mol. The van der Waals surface area contributed by atoms with Crippen LogP contribution < -0.4 is 0 Å². The summed E-state index contributed by atoms with van der Waals surface area (Å²) in [7, 11) is 0. The molecule has 0 aromatic heterocycles. The first-order valence-corrected chi connectivity index (χ1v) is 3.72. The average Bonchev–Trinajstić information content (AvgIpc) is 1.96. The molecule has 0 rings (SSSR count). The van der Waals surface area contributed by atoms with Crippen LogP contribution in [0.15, 0.2) is 0 Å². The van der Waals surface area contributed by atoms with Crippen LogP contribution in [0.1, 0.15) is 26.2 Å². The fraction of sp³-hybridized carbons (Fsp3) is 0.857. The van der Waals surface area contributed by atoms with Crippen LogP contribution >= 0.6 is 0 Å². The molecule has 0 atom stereocenters. The van der Waals surface area contributed by atoms with E-state index in [9.17, 15) is 18.0 Å². The van der Waals surface area contributed by atoms with Crippen molar-refractivity contribution in [2.24, 2.45) is 0 Å². The number of carbonyl (C=O) groups excluding carboxylic acids is 1. The minimum Gasteiger partial charge on any atom is -0.459 e. The van der Waals surface area contributed by atoms with Crippen LogP contribution in [-0.2, 0) is 9.53 Å². The summed E-state index contributed by atoms with van der Waals surface area (Å²) in [5.74, 6) is -2.10. The van der Waals surface area contributed by atoms with Crippen molar-refractivity contribution in [2.45, 2.75) is 32.4 Å². The smallest absolute Gasteiger partial charge is 0.459 e. The molecule has 0 saturated carbocycles. The molecule has 0 heterocycles. The number of esters is 1. The second-order valence-electron chi connectivity index (χ2n) is 2.34. The second kappa shape index (κ2) is 7.57. The van der Waals surface area contributed by atoms with Crippen molar-refractivity contribution in [3.8, 4) is 0 Å². The fourth-order valence-electron chi connectivity index (χ4n) is 0.599. The third-order valence-corrected chi connectivity index (χ3v) is 1.21. The van der Waals surface area contributed by atoms with Gasteiger partial charge in [-0.25, -0.2) is 4.79 Å². The molecule has 0 aromatic carbocycles. The van der Waals surface area contributed by atoms with Crippen molar-refractivity contribution >= 4 is 33.3 Å². The predicted molar refractivity (Wildman–Crippen MR) is 42.3 cm³/mol. The molecule has 0 saturated heterocycles. The Morgan fingerprint density at radius 1 is 1.31 bits per heavy atom. The topological polar surface area (TPSA) is 26.3 Å². The molecule has 0 aliphatic rings. The van der Waals surface area contributed by atoms with Crippen LogP contribution in [0.4, 0.5) is 13.2 Å². The molecule has 0 aromatic rings. The minimum absolute atomic E-state index is 0. The van der Waals surface area contributed by atoms with Gasteiger partial charge in [0.25, 0.3) is 0 Å². The summed E-state index contributed by atoms with van der Waals surface area (Å²) < 4.78 is 38.4. The Hall–Kier alpha value is 0.182. The Morgan fingerprint density at radius 2 is 1.85 bits per heavy atom. The quantitative estimate of drug-likeness (QED) is 0.418. The van der Waals surface area contributed by atoms with E-state index in [1.54, 1.807) is 0 Å². The Kier molecular flexibility index (Phi) is 9.11. The number of hydrogen-bond acceptors (Lipinski definition) is 2. The predicted octanol–water partition coefficient (Wildman–Crippen LogP) is 1.90. The molecule has 0 unspecified atom stereocenters. The summed E-state index contributed by atoms with van der Waals surface area (Å²) in [5.41, 5.74) is 0. The van der Waals surface area contributed by atoms with E-state index in [-0.39, 0.29) is 33.9 Å². The van der Waals surface area contributed by atoms with Gasteiger partial charge in [-0.3, -0.25) is 0 Å². The number of alkyl halides is 3. The number of hydrogen-bond donors (Lipinski definition) is 0. The Bertz CT molecular complexity index is 147. The summed E-state index contributed by atoms with van der Waals surface area (Å²) in [4.78, 5) is 10.1. The molecule has 0 amide bonds. The number of carbonyl (C=O) groups is 1. The van der Waals surface area contributed by atoms with Gasteiger partial charge in [0.2, 0.25) is 0 Å². The standard InChI is InChI=1S/C7H11F3O2.Tl/c1-2-3-4-5-12-6(11)7(8,9)10;/h2-5H2,1H3;. The zero-order valence-corrected chi connectivity index (χ0v) is 11.8. The normalized spacial score (nSPS) is 10.5. The van der Waals surface area contributed by atoms with E-state index in [1.165, 1.54) is 0 Å². The molecular formula is C7H11F3O2Tl. The van der Waals surface area contributed by atoms with Crippen LogP contribution in [0.25, 0.3) is 0 Å². The summed E-state index contributed by atoms with van der Waals surface area (Å²) in [6.07, 6.45) is -2.72. The van der Waals surface area contributed by atoms with Gasteiger partial charge in [0.1, 0.15) is 0 Å². The van der Waals surface area contributed by atoms with Crippen molar-refractivity contribution in [1.29, 1.82) is 0 Å². The van der Waals surface area contributed by atoms with Crippen LogP contribution in [0, 0.1) is 0 Å². The molecular weight excluding hydrogens is 377 g/mol. The number of rotatable bonds is 4. The molecule has 0 N–H and O–H groups in total. The van der Waals surface area contributed by atoms with Crippen molar-refractivity contribution in [3.05, 3.63) is 0 Å². The molecule has 13 heavy (non-hydrogen) atoms. The molecule has 2 nitrogen and oxygen atoms in total. The van der Waals surface area contributed by atoms with Crippen molar-refractivity contribution < 1.29 is 22.7 Å². The summed E-state index contributed by atoms with van der Waals surface area (Å²) in [6, 6.07) is 0. The largest absolute Gasteiger partial charge is 0.490 e. The summed E-state index contributed by atoms with van der Waals surface area (Å²) in [5, 5.41) is 0. The van der Waals surface area contributed by atoms with Crippen LogP contribution in [-0.4, -0.2) is 46.1 Å². The van der Waals surface area contributed by atoms with Gasteiger partial charge in [0.05, 0.1) is 6.61 Å². The Labute approximate surface area is 95.0 Å². The zero-order chi connectivity index (χ0) is 9.61. The SMILES string of the molecule is CCCCCOC(=O)C(F)(F)F.[Tl]. The fourth-order valence-corrected chi connectivity index (χ4v) is 0.599. The van der Waals surface area contributed by atoms with Crippen LogP contribution in [0.3, 0.4) is 0 Å². The van der Waals surface area contributed by atoms with Crippen molar-refractivity contribution in [1.82, 2.24) is 0 Å². The maximum Gasteiger partial charge on any atom is 0.490 e. The second-order valence-corrected chi connectivity index (χ2v) is 2.34. The molecule has 0 aliphatic carbocycles. The van der Waals surface area contributed by atoms with E-state index in [1.807, 2.05) is 6.92 Å². The first kappa shape index (κ1) is 15.6. The van der Waals surface area contributed by atoms with Crippen LogP contribution in [0.5, 0.6) is 0 Å². The van der Waals surface area contributed by atoms with E-state index in [0.717, 1.165) is 12.8 Å². The maximum absolute atomic E-state index is 11.5. The number of halogens is 3.